The summed E-state index contributed by atoms with van der Waals surface area (Å²) >= 11 is 0. The average Bonchev–Trinajstić information content (AvgIpc) is 2.86. The van der Waals surface area contributed by atoms with Crippen LogP contribution in [0.1, 0.15) is 19.8 Å². The summed E-state index contributed by atoms with van der Waals surface area (Å²) in [6.07, 6.45) is 4.11. The predicted molar refractivity (Wildman–Crippen MR) is 71.8 cm³/mol. The molecule has 6 heteroatoms. The zero-order chi connectivity index (χ0) is 12.5. The third-order valence-corrected chi connectivity index (χ3v) is 3.57. The standard InChI is InChI=1S/C12H18N6/c1-8-3-5-18(6-4-8)11-9-10(15-7-14-9)16-12(13-2)17-11/h7-8H,3-6H2,1-2H3,(H2,13,14,15,16,17). The van der Waals surface area contributed by atoms with Gasteiger partial charge in [0.15, 0.2) is 11.5 Å². The van der Waals surface area contributed by atoms with Gasteiger partial charge in [-0.25, -0.2) is 4.98 Å². The number of fused-ring (bicyclic) bond motifs is 1. The van der Waals surface area contributed by atoms with E-state index in [1.807, 2.05) is 7.05 Å². The molecule has 96 valence electrons. The van der Waals surface area contributed by atoms with Crippen molar-refractivity contribution in [2.75, 3.05) is 30.4 Å². The van der Waals surface area contributed by atoms with E-state index in [0.29, 0.717) is 5.95 Å². The monoisotopic (exact) mass is 246 g/mol. The molecule has 6 nitrogen and oxygen atoms in total. The van der Waals surface area contributed by atoms with Crippen LogP contribution in [0.2, 0.25) is 0 Å². The van der Waals surface area contributed by atoms with Crippen molar-refractivity contribution in [3.05, 3.63) is 6.33 Å². The molecule has 3 heterocycles. The fraction of sp³-hybridized carbons (Fsp3) is 0.583. The number of hydrogen-bond acceptors (Lipinski definition) is 5. The molecule has 0 amide bonds. The second kappa shape index (κ2) is 4.44. The smallest absolute Gasteiger partial charge is 0.226 e. The number of imidazole rings is 1. The van der Waals surface area contributed by atoms with Crippen LogP contribution in [0.25, 0.3) is 11.2 Å². The number of aromatic nitrogens is 4. The molecule has 2 N–H and O–H groups in total. The van der Waals surface area contributed by atoms with Gasteiger partial charge in [0.2, 0.25) is 5.95 Å². The molecular formula is C12H18N6. The van der Waals surface area contributed by atoms with Gasteiger partial charge in [-0.05, 0) is 18.8 Å². The van der Waals surface area contributed by atoms with Gasteiger partial charge in [-0.2, -0.15) is 9.97 Å². The molecule has 0 aromatic carbocycles. The van der Waals surface area contributed by atoms with Crippen molar-refractivity contribution in [3.8, 4) is 0 Å². The molecule has 2 aromatic rings. The first-order valence-electron chi connectivity index (χ1n) is 6.41. The molecule has 3 rings (SSSR count). The first-order valence-corrected chi connectivity index (χ1v) is 6.41. The lowest BCUT2D eigenvalue weighted by Crippen LogP contribution is -2.33. The van der Waals surface area contributed by atoms with Gasteiger partial charge < -0.3 is 15.2 Å². The number of aromatic amines is 1. The quantitative estimate of drug-likeness (QED) is 0.843. The highest BCUT2D eigenvalue weighted by Gasteiger charge is 2.20. The molecule has 0 spiro atoms. The molecule has 0 saturated carbocycles. The summed E-state index contributed by atoms with van der Waals surface area (Å²) < 4.78 is 0. The van der Waals surface area contributed by atoms with Crippen molar-refractivity contribution >= 4 is 22.9 Å². The van der Waals surface area contributed by atoms with Crippen LogP contribution in [-0.4, -0.2) is 40.1 Å². The summed E-state index contributed by atoms with van der Waals surface area (Å²) in [7, 11) is 1.83. The Morgan fingerprint density at radius 2 is 2.11 bits per heavy atom. The highest BCUT2D eigenvalue weighted by Crippen LogP contribution is 2.26. The third kappa shape index (κ3) is 1.87. The van der Waals surface area contributed by atoms with Crippen molar-refractivity contribution in [2.24, 2.45) is 5.92 Å². The second-order valence-electron chi connectivity index (χ2n) is 4.89. The maximum Gasteiger partial charge on any atom is 0.226 e. The van der Waals surface area contributed by atoms with Gasteiger partial charge >= 0.3 is 0 Å². The number of piperidine rings is 1. The van der Waals surface area contributed by atoms with Crippen LogP contribution in [-0.2, 0) is 0 Å². The largest absolute Gasteiger partial charge is 0.357 e. The van der Waals surface area contributed by atoms with E-state index < -0.39 is 0 Å². The minimum absolute atomic E-state index is 0.628. The van der Waals surface area contributed by atoms with Crippen molar-refractivity contribution in [1.29, 1.82) is 0 Å². The maximum atomic E-state index is 4.57. The van der Waals surface area contributed by atoms with Crippen LogP contribution in [0.3, 0.4) is 0 Å². The maximum absolute atomic E-state index is 4.57. The molecule has 1 aliphatic heterocycles. The Balaban J connectivity index is 2.01. The van der Waals surface area contributed by atoms with Gasteiger partial charge in [0.25, 0.3) is 0 Å². The minimum Gasteiger partial charge on any atom is -0.357 e. The number of hydrogen-bond donors (Lipinski definition) is 2. The summed E-state index contributed by atoms with van der Waals surface area (Å²) in [4.78, 5) is 18.6. The zero-order valence-electron chi connectivity index (χ0n) is 10.8. The molecule has 0 unspecified atom stereocenters. The Kier molecular flexibility index (Phi) is 2.77. The van der Waals surface area contributed by atoms with Crippen molar-refractivity contribution in [3.63, 3.8) is 0 Å². The average molecular weight is 246 g/mol. The lowest BCUT2D eigenvalue weighted by atomic mass is 9.99. The predicted octanol–water partition coefficient (Wildman–Crippen LogP) is 1.63. The molecular weight excluding hydrogens is 228 g/mol. The van der Waals surface area contributed by atoms with E-state index in [2.05, 4.69) is 37.1 Å². The van der Waals surface area contributed by atoms with Crippen LogP contribution in [0.5, 0.6) is 0 Å². The number of H-pyrrole nitrogens is 1. The normalized spacial score (nSPS) is 17.3. The Morgan fingerprint density at radius 1 is 1.33 bits per heavy atom. The minimum atomic E-state index is 0.628. The summed E-state index contributed by atoms with van der Waals surface area (Å²) in [6.45, 7) is 4.41. The van der Waals surface area contributed by atoms with Crippen molar-refractivity contribution < 1.29 is 0 Å². The lowest BCUT2D eigenvalue weighted by Gasteiger charge is -2.31. The number of rotatable bonds is 2. The third-order valence-electron chi connectivity index (χ3n) is 3.57. The van der Waals surface area contributed by atoms with E-state index in [-0.39, 0.29) is 0 Å². The van der Waals surface area contributed by atoms with Crippen LogP contribution >= 0.6 is 0 Å². The molecule has 0 atom stereocenters. The Hall–Kier alpha value is -1.85. The molecule has 1 aliphatic rings. The molecule has 2 aromatic heterocycles. The van der Waals surface area contributed by atoms with Crippen molar-refractivity contribution in [2.45, 2.75) is 19.8 Å². The summed E-state index contributed by atoms with van der Waals surface area (Å²) in [6, 6.07) is 0. The molecule has 0 aliphatic carbocycles. The molecule has 0 bridgehead atoms. The van der Waals surface area contributed by atoms with Crippen LogP contribution in [0.4, 0.5) is 11.8 Å². The summed E-state index contributed by atoms with van der Waals surface area (Å²) in [5.41, 5.74) is 1.66. The summed E-state index contributed by atoms with van der Waals surface area (Å²) in [5.74, 6) is 2.40. The van der Waals surface area contributed by atoms with E-state index in [1.54, 1.807) is 6.33 Å². The van der Waals surface area contributed by atoms with Crippen LogP contribution in [0, 0.1) is 5.92 Å². The van der Waals surface area contributed by atoms with E-state index in [1.165, 1.54) is 12.8 Å². The molecule has 0 radical (unpaired) electrons. The van der Waals surface area contributed by atoms with Crippen molar-refractivity contribution in [1.82, 2.24) is 19.9 Å². The molecule has 1 fully saturated rings. The molecule has 18 heavy (non-hydrogen) atoms. The molecule has 1 saturated heterocycles. The first-order chi connectivity index (χ1) is 8.78. The zero-order valence-corrected chi connectivity index (χ0v) is 10.8. The SMILES string of the molecule is CNc1nc(N2CCC(C)CC2)c2[nH]cnc2n1. The van der Waals surface area contributed by atoms with Crippen LogP contribution < -0.4 is 10.2 Å². The van der Waals surface area contributed by atoms with Gasteiger partial charge in [0.1, 0.15) is 5.52 Å². The number of anilines is 2. The fourth-order valence-corrected chi connectivity index (χ4v) is 2.38. The number of nitrogens with one attached hydrogen (secondary N) is 2. The van der Waals surface area contributed by atoms with E-state index >= 15 is 0 Å². The van der Waals surface area contributed by atoms with Gasteiger partial charge in [-0.15, -0.1) is 0 Å². The van der Waals surface area contributed by atoms with E-state index in [4.69, 9.17) is 0 Å². The van der Waals surface area contributed by atoms with Gasteiger partial charge in [0.05, 0.1) is 6.33 Å². The van der Waals surface area contributed by atoms with E-state index in [0.717, 1.165) is 36.0 Å². The second-order valence-corrected chi connectivity index (χ2v) is 4.89. The Bertz CT molecular complexity index is 540. The lowest BCUT2D eigenvalue weighted by molar-refractivity contribution is 0.437. The summed E-state index contributed by atoms with van der Waals surface area (Å²) in [5, 5.41) is 2.99. The highest BCUT2D eigenvalue weighted by atomic mass is 15.2. The Labute approximate surface area is 106 Å². The van der Waals surface area contributed by atoms with Gasteiger partial charge in [0, 0.05) is 20.1 Å². The van der Waals surface area contributed by atoms with E-state index in [9.17, 15) is 0 Å². The Morgan fingerprint density at radius 3 is 2.83 bits per heavy atom. The van der Waals surface area contributed by atoms with Gasteiger partial charge in [-0.3, -0.25) is 0 Å². The number of nitrogens with zero attached hydrogens (tertiary/aromatic N) is 4. The van der Waals surface area contributed by atoms with Gasteiger partial charge in [-0.1, -0.05) is 6.92 Å². The first kappa shape index (κ1) is 11.3. The topological polar surface area (TPSA) is 69.7 Å². The van der Waals surface area contributed by atoms with Crippen LogP contribution in [0.15, 0.2) is 6.33 Å². The highest BCUT2D eigenvalue weighted by molar-refractivity contribution is 5.84. The fourth-order valence-electron chi connectivity index (χ4n) is 2.38.